The van der Waals surface area contributed by atoms with Gasteiger partial charge in [-0.1, -0.05) is 26.8 Å². The molecular formula is C17H27N3O2. The zero-order valence-electron chi connectivity index (χ0n) is 14.3. The summed E-state index contributed by atoms with van der Waals surface area (Å²) < 4.78 is 0. The molecule has 0 saturated heterocycles. The fourth-order valence-corrected chi connectivity index (χ4v) is 1.67. The molecule has 0 aromatic heterocycles. The Balaban J connectivity index is 2.62. The lowest BCUT2D eigenvalue weighted by atomic mass is 9.95. The fourth-order valence-electron chi connectivity index (χ4n) is 1.67. The maximum atomic E-state index is 12.0. The molecule has 122 valence electrons. The van der Waals surface area contributed by atoms with Gasteiger partial charge in [0, 0.05) is 22.3 Å². The van der Waals surface area contributed by atoms with Gasteiger partial charge in [0.1, 0.15) is 0 Å². The van der Waals surface area contributed by atoms with Crippen LogP contribution in [0.4, 0.5) is 11.4 Å². The van der Waals surface area contributed by atoms with Crippen molar-refractivity contribution in [3.63, 3.8) is 0 Å². The first-order valence-corrected chi connectivity index (χ1v) is 7.44. The minimum Gasteiger partial charge on any atom is -0.376 e. The zero-order valence-corrected chi connectivity index (χ0v) is 14.3. The Morgan fingerprint density at radius 2 is 1.59 bits per heavy atom. The van der Waals surface area contributed by atoms with E-state index in [4.69, 9.17) is 0 Å². The van der Waals surface area contributed by atoms with Crippen molar-refractivity contribution in [3.8, 4) is 0 Å². The molecule has 3 N–H and O–H groups in total. The molecule has 0 unspecified atom stereocenters. The van der Waals surface area contributed by atoms with Crippen molar-refractivity contribution in [1.82, 2.24) is 5.32 Å². The monoisotopic (exact) mass is 305 g/mol. The molecule has 0 heterocycles. The van der Waals surface area contributed by atoms with E-state index in [0.29, 0.717) is 5.69 Å². The van der Waals surface area contributed by atoms with E-state index in [1.807, 2.05) is 65.8 Å². The van der Waals surface area contributed by atoms with Gasteiger partial charge in [0.2, 0.25) is 11.8 Å². The smallest absolute Gasteiger partial charge is 0.239 e. The van der Waals surface area contributed by atoms with E-state index in [-0.39, 0.29) is 23.9 Å². The molecular weight excluding hydrogens is 278 g/mol. The van der Waals surface area contributed by atoms with Crippen LogP contribution in [0.1, 0.15) is 41.5 Å². The lowest BCUT2D eigenvalue weighted by molar-refractivity contribution is -0.123. The summed E-state index contributed by atoms with van der Waals surface area (Å²) in [6.07, 6.45) is 0. The molecule has 0 spiro atoms. The highest BCUT2D eigenvalue weighted by Gasteiger charge is 2.21. The number of hydrogen-bond donors (Lipinski definition) is 3. The van der Waals surface area contributed by atoms with Gasteiger partial charge in [0.25, 0.3) is 0 Å². The van der Waals surface area contributed by atoms with E-state index in [1.54, 1.807) is 0 Å². The quantitative estimate of drug-likeness (QED) is 0.801. The van der Waals surface area contributed by atoms with Crippen molar-refractivity contribution < 1.29 is 9.59 Å². The van der Waals surface area contributed by atoms with Gasteiger partial charge < -0.3 is 16.0 Å². The summed E-state index contributed by atoms with van der Waals surface area (Å²) in [6, 6.07) is 7.33. The first kappa shape index (κ1) is 18.0. The summed E-state index contributed by atoms with van der Waals surface area (Å²) in [5, 5.41) is 8.81. The molecule has 0 aliphatic carbocycles. The molecule has 0 aliphatic rings. The average molecular weight is 305 g/mol. The van der Waals surface area contributed by atoms with Crippen molar-refractivity contribution in [1.29, 1.82) is 0 Å². The Morgan fingerprint density at radius 3 is 2.14 bits per heavy atom. The van der Waals surface area contributed by atoms with Crippen LogP contribution in [-0.4, -0.2) is 23.9 Å². The van der Waals surface area contributed by atoms with Crippen LogP contribution in [0.25, 0.3) is 0 Å². The third kappa shape index (κ3) is 6.61. The predicted molar refractivity (Wildman–Crippen MR) is 90.9 cm³/mol. The van der Waals surface area contributed by atoms with Crippen molar-refractivity contribution in [3.05, 3.63) is 24.3 Å². The maximum absolute atomic E-state index is 12.0. The molecule has 1 aromatic carbocycles. The number of hydrogen-bond acceptors (Lipinski definition) is 3. The molecule has 22 heavy (non-hydrogen) atoms. The SMILES string of the molecule is CC(C)(C)NC(=O)CNc1cccc(NC(=O)C(C)(C)C)c1. The summed E-state index contributed by atoms with van der Waals surface area (Å²) in [6.45, 7) is 11.6. The summed E-state index contributed by atoms with van der Waals surface area (Å²) >= 11 is 0. The zero-order chi connectivity index (χ0) is 17.0. The molecule has 0 saturated carbocycles. The van der Waals surface area contributed by atoms with Gasteiger partial charge in [-0.25, -0.2) is 0 Å². The minimum absolute atomic E-state index is 0.0462. The third-order valence-electron chi connectivity index (χ3n) is 2.77. The Kier molecular flexibility index (Phi) is 5.58. The van der Waals surface area contributed by atoms with Crippen LogP contribution < -0.4 is 16.0 Å². The highest BCUT2D eigenvalue weighted by atomic mass is 16.2. The van der Waals surface area contributed by atoms with Crippen molar-refractivity contribution in [2.24, 2.45) is 5.41 Å². The predicted octanol–water partition coefficient (Wildman–Crippen LogP) is 3.00. The average Bonchev–Trinajstić information content (AvgIpc) is 2.33. The summed E-state index contributed by atoms with van der Waals surface area (Å²) in [5.41, 5.74) is 0.800. The van der Waals surface area contributed by atoms with Crippen molar-refractivity contribution in [2.75, 3.05) is 17.2 Å². The molecule has 1 aromatic rings. The van der Waals surface area contributed by atoms with Crippen LogP contribution in [0.5, 0.6) is 0 Å². The highest BCUT2D eigenvalue weighted by molar-refractivity contribution is 5.95. The largest absolute Gasteiger partial charge is 0.376 e. The van der Waals surface area contributed by atoms with E-state index in [9.17, 15) is 9.59 Å². The number of anilines is 2. The van der Waals surface area contributed by atoms with Crippen LogP contribution in [0.2, 0.25) is 0 Å². The van der Waals surface area contributed by atoms with Gasteiger partial charge in [-0.15, -0.1) is 0 Å². The van der Waals surface area contributed by atoms with Crippen LogP contribution in [0.3, 0.4) is 0 Å². The van der Waals surface area contributed by atoms with Crippen LogP contribution >= 0.6 is 0 Å². The lowest BCUT2D eigenvalue weighted by Crippen LogP contribution is -2.43. The second-order valence-corrected chi connectivity index (χ2v) is 7.44. The number of carbonyl (C=O) groups excluding carboxylic acids is 2. The van der Waals surface area contributed by atoms with Gasteiger partial charge in [-0.05, 0) is 39.0 Å². The molecule has 0 radical (unpaired) electrons. The number of rotatable bonds is 4. The Bertz CT molecular complexity index is 540. The molecule has 5 heteroatoms. The minimum atomic E-state index is -0.448. The van der Waals surface area contributed by atoms with Gasteiger partial charge in [-0.3, -0.25) is 9.59 Å². The normalized spacial score (nSPS) is 11.7. The van der Waals surface area contributed by atoms with E-state index >= 15 is 0 Å². The molecule has 0 fully saturated rings. The van der Waals surface area contributed by atoms with Crippen molar-refractivity contribution >= 4 is 23.2 Å². The Labute approximate surface area is 132 Å². The molecule has 1 rings (SSSR count). The first-order valence-electron chi connectivity index (χ1n) is 7.44. The number of amides is 2. The second kappa shape index (κ2) is 6.81. The Morgan fingerprint density at radius 1 is 1.00 bits per heavy atom. The third-order valence-corrected chi connectivity index (χ3v) is 2.77. The Hall–Kier alpha value is -2.04. The lowest BCUT2D eigenvalue weighted by Gasteiger charge is -2.21. The maximum Gasteiger partial charge on any atom is 0.239 e. The fraction of sp³-hybridized carbons (Fsp3) is 0.529. The van der Waals surface area contributed by atoms with Crippen molar-refractivity contribution in [2.45, 2.75) is 47.1 Å². The topological polar surface area (TPSA) is 70.2 Å². The molecule has 0 aliphatic heterocycles. The summed E-state index contributed by atoms with van der Waals surface area (Å²) in [7, 11) is 0. The van der Waals surface area contributed by atoms with Gasteiger partial charge in [-0.2, -0.15) is 0 Å². The highest BCUT2D eigenvalue weighted by Crippen LogP contribution is 2.19. The summed E-state index contributed by atoms with van der Waals surface area (Å²) in [5.74, 6) is -0.119. The first-order chi connectivity index (χ1) is 9.97. The van der Waals surface area contributed by atoms with E-state index in [1.165, 1.54) is 0 Å². The molecule has 5 nitrogen and oxygen atoms in total. The van der Waals surface area contributed by atoms with E-state index < -0.39 is 5.41 Å². The molecule has 0 bridgehead atoms. The standard InChI is InChI=1S/C17H27N3O2/c1-16(2,3)15(22)19-13-9-7-8-12(10-13)18-11-14(21)20-17(4,5)6/h7-10,18H,11H2,1-6H3,(H,19,22)(H,20,21). The number of benzene rings is 1. The van der Waals surface area contributed by atoms with Crippen LogP contribution in [-0.2, 0) is 9.59 Å². The van der Waals surface area contributed by atoms with Crippen LogP contribution in [0, 0.1) is 5.41 Å². The van der Waals surface area contributed by atoms with Gasteiger partial charge in [0.15, 0.2) is 0 Å². The van der Waals surface area contributed by atoms with Gasteiger partial charge in [0.05, 0.1) is 6.54 Å². The van der Waals surface area contributed by atoms with Gasteiger partial charge >= 0.3 is 0 Å². The number of carbonyl (C=O) groups is 2. The van der Waals surface area contributed by atoms with Crippen LogP contribution in [0.15, 0.2) is 24.3 Å². The van der Waals surface area contributed by atoms with E-state index in [0.717, 1.165) is 5.69 Å². The molecule has 2 amide bonds. The van der Waals surface area contributed by atoms with E-state index in [2.05, 4.69) is 16.0 Å². The molecule has 0 atom stereocenters. The second-order valence-electron chi connectivity index (χ2n) is 7.44. The summed E-state index contributed by atoms with van der Waals surface area (Å²) in [4.78, 5) is 23.8. The number of nitrogens with one attached hydrogen (secondary N) is 3.